The van der Waals surface area contributed by atoms with Crippen molar-refractivity contribution >= 4 is 24.0 Å². The summed E-state index contributed by atoms with van der Waals surface area (Å²) in [5.41, 5.74) is 0.835. The van der Waals surface area contributed by atoms with E-state index in [1.807, 2.05) is 13.0 Å². The number of nitrogens with zero attached hydrogens (tertiary/aromatic N) is 2. The van der Waals surface area contributed by atoms with E-state index in [4.69, 9.17) is 16.3 Å². The number of ether oxygens (including phenoxy) is 1. The lowest BCUT2D eigenvalue weighted by molar-refractivity contribution is 0.245. The first kappa shape index (κ1) is 15.5. The van der Waals surface area contributed by atoms with Crippen LogP contribution in [0.25, 0.3) is 0 Å². The zero-order chi connectivity index (χ0) is 12.1. The zero-order valence-electron chi connectivity index (χ0n) is 10.5. The Balaban J connectivity index is 0.00000162. The van der Waals surface area contributed by atoms with Gasteiger partial charge in [0.15, 0.2) is 0 Å². The monoisotopic (exact) mass is 291 g/mol. The van der Waals surface area contributed by atoms with Gasteiger partial charge in [0.2, 0.25) is 11.2 Å². The average molecular weight is 292 g/mol. The second-order valence-corrected chi connectivity index (χ2v) is 4.79. The summed E-state index contributed by atoms with van der Waals surface area (Å²) in [6.07, 6.45) is 3.57. The van der Waals surface area contributed by atoms with Gasteiger partial charge in [0.05, 0.1) is 6.61 Å². The minimum Gasteiger partial charge on any atom is -0.478 e. The largest absolute Gasteiger partial charge is 0.478 e. The van der Waals surface area contributed by atoms with E-state index in [2.05, 4.69) is 15.3 Å². The fourth-order valence-corrected chi connectivity index (χ4v) is 2.30. The number of nitrogens with one attached hydrogen (secondary N) is 1. The second kappa shape index (κ2) is 7.77. The van der Waals surface area contributed by atoms with Crippen LogP contribution in [-0.4, -0.2) is 29.7 Å². The number of piperidine rings is 1. The smallest absolute Gasteiger partial charge is 0.225 e. The molecule has 0 amide bonds. The van der Waals surface area contributed by atoms with E-state index >= 15 is 0 Å². The average Bonchev–Trinajstić information content (AvgIpc) is 2.29. The lowest BCUT2D eigenvalue weighted by Crippen LogP contribution is -2.28. The maximum atomic E-state index is 5.77. The van der Waals surface area contributed by atoms with E-state index < -0.39 is 0 Å². The predicted octanol–water partition coefficient (Wildman–Crippen LogP) is 2.63. The summed E-state index contributed by atoms with van der Waals surface area (Å²) in [6.45, 7) is 4.84. The molecule has 1 saturated heterocycles. The summed E-state index contributed by atoms with van der Waals surface area (Å²) in [6, 6.07) is 1.81. The molecule has 0 atom stereocenters. The van der Waals surface area contributed by atoms with E-state index in [1.165, 1.54) is 12.8 Å². The van der Waals surface area contributed by atoms with Crippen LogP contribution in [0.1, 0.15) is 25.0 Å². The van der Waals surface area contributed by atoms with Crippen LogP contribution >= 0.6 is 24.0 Å². The number of aromatic nitrogens is 2. The second-order valence-electron chi connectivity index (χ2n) is 4.45. The van der Waals surface area contributed by atoms with E-state index in [0.29, 0.717) is 12.5 Å². The molecule has 102 valence electrons. The molecule has 2 rings (SSSR count). The molecule has 18 heavy (non-hydrogen) atoms. The van der Waals surface area contributed by atoms with Crippen molar-refractivity contribution in [2.45, 2.75) is 26.2 Å². The van der Waals surface area contributed by atoms with E-state index in [1.54, 1.807) is 0 Å². The van der Waals surface area contributed by atoms with Crippen molar-refractivity contribution in [3.63, 3.8) is 0 Å². The third-order valence-corrected chi connectivity index (χ3v) is 3.21. The molecule has 1 aromatic rings. The van der Waals surface area contributed by atoms with Crippen LogP contribution in [0.4, 0.5) is 0 Å². The minimum absolute atomic E-state index is 0. The number of rotatable bonds is 4. The van der Waals surface area contributed by atoms with Gasteiger partial charge in [-0.25, -0.2) is 4.98 Å². The molecule has 6 heteroatoms. The fraction of sp³-hybridized carbons (Fsp3) is 0.667. The zero-order valence-corrected chi connectivity index (χ0v) is 12.1. The van der Waals surface area contributed by atoms with Crippen molar-refractivity contribution in [2.75, 3.05) is 19.7 Å². The Hall–Kier alpha value is -0.580. The van der Waals surface area contributed by atoms with Gasteiger partial charge in [-0.3, -0.25) is 0 Å². The van der Waals surface area contributed by atoms with Crippen LogP contribution in [-0.2, 0) is 0 Å². The third kappa shape index (κ3) is 4.96. The van der Waals surface area contributed by atoms with Crippen molar-refractivity contribution in [1.82, 2.24) is 15.3 Å². The predicted molar refractivity (Wildman–Crippen MR) is 74.7 cm³/mol. The molecule has 0 aromatic carbocycles. The van der Waals surface area contributed by atoms with Gasteiger partial charge < -0.3 is 10.1 Å². The van der Waals surface area contributed by atoms with Gasteiger partial charge >= 0.3 is 0 Å². The van der Waals surface area contributed by atoms with Crippen molar-refractivity contribution in [3.05, 3.63) is 17.0 Å². The number of halogens is 2. The van der Waals surface area contributed by atoms with Gasteiger partial charge in [-0.2, -0.15) is 4.98 Å². The molecule has 0 radical (unpaired) electrons. The molecule has 2 heterocycles. The van der Waals surface area contributed by atoms with Crippen LogP contribution in [0.5, 0.6) is 5.88 Å². The summed E-state index contributed by atoms with van der Waals surface area (Å²) in [5, 5.41) is 3.61. The molecular formula is C12H19Cl2N3O. The molecule has 0 saturated carbocycles. The summed E-state index contributed by atoms with van der Waals surface area (Å²) in [5.74, 6) is 1.35. The molecule has 0 unspecified atom stereocenters. The van der Waals surface area contributed by atoms with Gasteiger partial charge in [0.25, 0.3) is 0 Å². The number of aryl methyl sites for hydroxylation is 1. The standard InChI is InChI=1S/C12H18ClN3O.ClH/c1-9-8-11(16-12(13)15-9)17-7-4-10-2-5-14-6-3-10;/h8,10,14H,2-7H2,1H3;1H. The Kier molecular flexibility index (Phi) is 6.68. The first-order chi connectivity index (χ1) is 8.24. The van der Waals surface area contributed by atoms with E-state index in [-0.39, 0.29) is 17.7 Å². The quantitative estimate of drug-likeness (QED) is 0.867. The first-order valence-electron chi connectivity index (χ1n) is 6.09. The van der Waals surface area contributed by atoms with Crippen LogP contribution in [0.2, 0.25) is 5.28 Å². The molecule has 0 spiro atoms. The van der Waals surface area contributed by atoms with Gasteiger partial charge in [-0.05, 0) is 56.8 Å². The third-order valence-electron chi connectivity index (χ3n) is 3.04. The van der Waals surface area contributed by atoms with Crippen LogP contribution in [0, 0.1) is 12.8 Å². The Bertz CT molecular complexity index is 350. The maximum absolute atomic E-state index is 5.77. The van der Waals surface area contributed by atoms with Crippen molar-refractivity contribution < 1.29 is 4.74 Å². The SMILES string of the molecule is Cc1cc(OCCC2CCNCC2)nc(Cl)n1.Cl. The summed E-state index contributed by atoms with van der Waals surface area (Å²) in [4.78, 5) is 8.03. The summed E-state index contributed by atoms with van der Waals surface area (Å²) in [7, 11) is 0. The van der Waals surface area contributed by atoms with Crippen molar-refractivity contribution in [2.24, 2.45) is 5.92 Å². The molecule has 1 aliphatic rings. The molecular weight excluding hydrogens is 273 g/mol. The van der Waals surface area contributed by atoms with Crippen molar-refractivity contribution in [3.8, 4) is 5.88 Å². The fourth-order valence-electron chi connectivity index (χ4n) is 2.08. The molecule has 1 aliphatic heterocycles. The lowest BCUT2D eigenvalue weighted by atomic mass is 9.95. The van der Waals surface area contributed by atoms with Crippen LogP contribution in [0.15, 0.2) is 6.07 Å². The highest BCUT2D eigenvalue weighted by atomic mass is 35.5. The highest BCUT2D eigenvalue weighted by molar-refractivity contribution is 6.28. The first-order valence-corrected chi connectivity index (χ1v) is 6.46. The number of hydrogen-bond acceptors (Lipinski definition) is 4. The van der Waals surface area contributed by atoms with E-state index in [0.717, 1.165) is 31.1 Å². The lowest BCUT2D eigenvalue weighted by Gasteiger charge is -2.22. The maximum Gasteiger partial charge on any atom is 0.225 e. The molecule has 0 bridgehead atoms. The molecule has 1 fully saturated rings. The normalized spacial score (nSPS) is 16.1. The van der Waals surface area contributed by atoms with Crippen LogP contribution in [0.3, 0.4) is 0 Å². The molecule has 0 aliphatic carbocycles. The topological polar surface area (TPSA) is 47.0 Å². The minimum atomic E-state index is 0. The Morgan fingerprint density at radius 3 is 2.78 bits per heavy atom. The highest BCUT2D eigenvalue weighted by Crippen LogP contribution is 2.17. The Morgan fingerprint density at radius 1 is 1.39 bits per heavy atom. The van der Waals surface area contributed by atoms with Gasteiger partial charge in [-0.1, -0.05) is 0 Å². The van der Waals surface area contributed by atoms with Gasteiger partial charge in [-0.15, -0.1) is 12.4 Å². The Morgan fingerprint density at radius 2 is 2.11 bits per heavy atom. The molecule has 4 nitrogen and oxygen atoms in total. The summed E-state index contributed by atoms with van der Waals surface area (Å²) >= 11 is 5.77. The van der Waals surface area contributed by atoms with E-state index in [9.17, 15) is 0 Å². The Labute approximate surface area is 119 Å². The molecule has 1 aromatic heterocycles. The number of hydrogen-bond donors (Lipinski definition) is 1. The van der Waals surface area contributed by atoms with Gasteiger partial charge in [0.1, 0.15) is 0 Å². The van der Waals surface area contributed by atoms with Crippen molar-refractivity contribution in [1.29, 1.82) is 0 Å². The molecule has 1 N–H and O–H groups in total. The highest BCUT2D eigenvalue weighted by Gasteiger charge is 2.12. The van der Waals surface area contributed by atoms with Gasteiger partial charge in [0, 0.05) is 11.8 Å². The summed E-state index contributed by atoms with van der Waals surface area (Å²) < 4.78 is 5.61. The van der Waals surface area contributed by atoms with Crippen LogP contribution < -0.4 is 10.1 Å².